The molecule has 0 saturated heterocycles. The van der Waals surface area contributed by atoms with Gasteiger partial charge in [-0.3, -0.25) is 19.2 Å². The number of hydrogen-bond acceptors (Lipinski definition) is 10. The van der Waals surface area contributed by atoms with Gasteiger partial charge in [-0.15, -0.1) is 0 Å². The molecule has 64 heavy (non-hydrogen) atoms. The van der Waals surface area contributed by atoms with Crippen molar-refractivity contribution in [1.82, 2.24) is 0 Å². The second-order valence-electron chi connectivity index (χ2n) is 14.8. The molecular weight excluding hydrogens is 821 g/mol. The van der Waals surface area contributed by atoms with Gasteiger partial charge in [-0.2, -0.15) is 0 Å². The zero-order valence-electron chi connectivity index (χ0n) is 32.9. The first kappa shape index (κ1) is 39.0. The summed E-state index contributed by atoms with van der Waals surface area (Å²) < 4.78 is 18.5. The lowest BCUT2D eigenvalue weighted by Gasteiger charge is -2.30. The number of ether oxygens (including phenoxy) is 3. The van der Waals surface area contributed by atoms with Gasteiger partial charge in [0.05, 0.1) is 50.3 Å². The number of hydrogen-bond donors (Lipinski definition) is 2. The van der Waals surface area contributed by atoms with E-state index < -0.39 is 47.1 Å². The molecule has 0 fully saturated rings. The van der Waals surface area contributed by atoms with E-state index in [0.717, 1.165) is 9.80 Å². The van der Waals surface area contributed by atoms with E-state index in [-0.39, 0.29) is 44.8 Å². The SMILES string of the molecule is O=C1OC(c2ccc(Oc3ccc(N4C(=O)c5cccc(C(=O)O)c5C4=O)cc3)cc2)(c2ccc(Oc3ccc(N4C(=O)c5cccc(C(=O)O)c5C4=O)cc3)cc2)c2ccccc21. The van der Waals surface area contributed by atoms with Crippen molar-refractivity contribution in [1.29, 1.82) is 0 Å². The van der Waals surface area contributed by atoms with Crippen molar-refractivity contribution in [2.45, 2.75) is 5.60 Å². The minimum atomic E-state index is -1.35. The van der Waals surface area contributed by atoms with E-state index >= 15 is 0 Å². The molecule has 14 nitrogen and oxygen atoms in total. The largest absolute Gasteiger partial charge is 0.478 e. The standard InChI is InChI=1S/C50H28N2O12/c53-43-36-6-3-8-38(47(57)58)41(36)45(55)51(43)29-15-23-33(24-16-29)62-31-19-11-27(12-20-31)50(40-10-2-1-5-35(40)49(61)64-50)28-13-21-32(22-14-28)63-34-25-17-30(18-26-34)52-44(54)37-7-4-9-39(48(59)60)42(37)46(52)56/h1-26H,(H,57,58)(H,59,60). The Labute approximate surface area is 361 Å². The third-order valence-corrected chi connectivity index (χ3v) is 11.2. The number of carbonyl (C=O) groups is 7. The maximum Gasteiger partial charge on any atom is 0.340 e. The Morgan fingerprint density at radius 3 is 1.22 bits per heavy atom. The van der Waals surface area contributed by atoms with Gasteiger partial charge < -0.3 is 24.4 Å². The zero-order valence-corrected chi connectivity index (χ0v) is 32.9. The Kier molecular flexibility index (Phi) is 9.00. The van der Waals surface area contributed by atoms with Crippen LogP contribution in [0.4, 0.5) is 11.4 Å². The first-order valence-electron chi connectivity index (χ1n) is 19.5. The van der Waals surface area contributed by atoms with E-state index in [0.29, 0.717) is 45.3 Å². The van der Waals surface area contributed by atoms with Crippen LogP contribution in [0.5, 0.6) is 23.0 Å². The predicted molar refractivity (Wildman–Crippen MR) is 227 cm³/mol. The molecule has 14 heteroatoms. The number of imide groups is 2. The van der Waals surface area contributed by atoms with Crippen LogP contribution in [0.25, 0.3) is 0 Å². The van der Waals surface area contributed by atoms with Crippen LogP contribution in [0.3, 0.4) is 0 Å². The number of anilines is 2. The summed E-state index contributed by atoms with van der Waals surface area (Å²) in [4.78, 5) is 91.4. The van der Waals surface area contributed by atoms with Crippen molar-refractivity contribution < 1.29 is 58.0 Å². The summed E-state index contributed by atoms with van der Waals surface area (Å²) in [6.07, 6.45) is 0. The number of carbonyl (C=O) groups excluding carboxylic acids is 5. The van der Waals surface area contributed by atoms with Crippen LogP contribution in [0, 0.1) is 0 Å². The lowest BCUT2D eigenvalue weighted by atomic mass is 9.80. The van der Waals surface area contributed by atoms with Gasteiger partial charge in [0.25, 0.3) is 23.6 Å². The van der Waals surface area contributed by atoms with E-state index in [1.165, 1.54) is 60.7 Å². The topological polar surface area (TPSA) is 194 Å². The Hall–Kier alpha value is -9.17. The summed E-state index contributed by atoms with van der Waals surface area (Å²) in [6, 6.07) is 41.7. The molecule has 10 rings (SSSR count). The van der Waals surface area contributed by atoms with Crippen LogP contribution in [0.2, 0.25) is 0 Å². The summed E-state index contributed by atoms with van der Waals surface area (Å²) in [5, 5.41) is 19.1. The Morgan fingerprint density at radius 2 is 0.812 bits per heavy atom. The Morgan fingerprint density at radius 1 is 0.438 bits per heavy atom. The summed E-state index contributed by atoms with van der Waals surface area (Å²) in [5.74, 6) is -4.23. The maximum atomic E-state index is 13.4. The normalized spacial score (nSPS) is 14.5. The van der Waals surface area contributed by atoms with Crippen LogP contribution < -0.4 is 19.3 Å². The second kappa shape index (κ2) is 14.8. The molecule has 0 unspecified atom stereocenters. The molecule has 3 heterocycles. The van der Waals surface area contributed by atoms with Gasteiger partial charge in [0.2, 0.25) is 0 Å². The number of cyclic esters (lactones) is 1. The molecule has 0 aromatic heterocycles. The summed E-state index contributed by atoms with van der Waals surface area (Å²) >= 11 is 0. The highest BCUT2D eigenvalue weighted by Crippen LogP contribution is 2.48. The number of esters is 1. The Bertz CT molecular complexity index is 3000. The molecule has 7 aromatic rings. The number of aromatic carboxylic acids is 2. The van der Waals surface area contributed by atoms with Crippen LogP contribution >= 0.6 is 0 Å². The fourth-order valence-electron chi connectivity index (χ4n) is 8.32. The molecule has 0 aliphatic carbocycles. The zero-order chi connectivity index (χ0) is 44.4. The maximum absolute atomic E-state index is 13.4. The number of fused-ring (bicyclic) bond motifs is 3. The van der Waals surface area contributed by atoms with E-state index in [1.54, 1.807) is 84.9 Å². The average Bonchev–Trinajstić information content (AvgIpc) is 3.86. The average molecular weight is 849 g/mol. The van der Waals surface area contributed by atoms with E-state index in [9.17, 15) is 43.8 Å². The molecule has 0 atom stereocenters. The fourth-order valence-corrected chi connectivity index (χ4v) is 8.32. The van der Waals surface area contributed by atoms with E-state index in [2.05, 4.69) is 0 Å². The monoisotopic (exact) mass is 848 g/mol. The highest BCUT2D eigenvalue weighted by Gasteiger charge is 2.48. The summed E-state index contributed by atoms with van der Waals surface area (Å²) in [5.41, 5.74) is 0.583. The number of carboxylic acids is 2. The quantitative estimate of drug-likeness (QED) is 0.0983. The highest BCUT2D eigenvalue weighted by atomic mass is 16.6. The third kappa shape index (κ3) is 6.08. The van der Waals surface area contributed by atoms with Gasteiger partial charge >= 0.3 is 17.9 Å². The minimum absolute atomic E-state index is 0.0110. The third-order valence-electron chi connectivity index (χ3n) is 11.2. The number of carboxylic acid groups (broad SMARTS) is 2. The molecule has 0 saturated carbocycles. The molecule has 2 N–H and O–H groups in total. The minimum Gasteiger partial charge on any atom is -0.478 e. The smallest absolute Gasteiger partial charge is 0.340 e. The van der Waals surface area contributed by atoms with Crippen LogP contribution in [0.1, 0.15) is 89.2 Å². The van der Waals surface area contributed by atoms with Crippen molar-refractivity contribution >= 4 is 52.9 Å². The first-order chi connectivity index (χ1) is 30.9. The van der Waals surface area contributed by atoms with Gasteiger partial charge in [0.1, 0.15) is 23.0 Å². The molecule has 0 radical (unpaired) electrons. The van der Waals surface area contributed by atoms with Crippen LogP contribution in [-0.4, -0.2) is 51.7 Å². The summed E-state index contributed by atoms with van der Waals surface area (Å²) in [7, 11) is 0. The number of amides is 4. The van der Waals surface area contributed by atoms with Crippen molar-refractivity contribution in [3.8, 4) is 23.0 Å². The molecule has 4 amide bonds. The van der Waals surface area contributed by atoms with Crippen LogP contribution in [0.15, 0.2) is 158 Å². The number of benzene rings is 7. The lowest BCUT2D eigenvalue weighted by Crippen LogP contribution is -2.29. The molecule has 3 aliphatic rings. The van der Waals surface area contributed by atoms with Gasteiger partial charge in [-0.25, -0.2) is 24.2 Å². The van der Waals surface area contributed by atoms with Crippen molar-refractivity contribution in [2.75, 3.05) is 9.80 Å². The molecular formula is C50H28N2O12. The van der Waals surface area contributed by atoms with Crippen molar-refractivity contribution in [3.05, 3.63) is 213 Å². The predicted octanol–water partition coefficient (Wildman–Crippen LogP) is 8.73. The van der Waals surface area contributed by atoms with E-state index in [1.807, 2.05) is 12.1 Å². The van der Waals surface area contributed by atoms with Gasteiger partial charge in [0, 0.05) is 16.7 Å². The van der Waals surface area contributed by atoms with Crippen LogP contribution in [-0.2, 0) is 10.3 Å². The first-order valence-corrected chi connectivity index (χ1v) is 19.5. The van der Waals surface area contributed by atoms with Gasteiger partial charge in [-0.1, -0.05) is 54.6 Å². The molecule has 0 spiro atoms. The fraction of sp³-hybridized carbons (Fsp3) is 0.0200. The number of rotatable bonds is 10. The Balaban J connectivity index is 0.874. The second-order valence-corrected chi connectivity index (χ2v) is 14.8. The van der Waals surface area contributed by atoms with E-state index in [4.69, 9.17) is 14.2 Å². The van der Waals surface area contributed by atoms with Crippen molar-refractivity contribution in [2.24, 2.45) is 0 Å². The molecule has 7 aromatic carbocycles. The number of nitrogens with zero attached hydrogens (tertiary/aromatic N) is 2. The van der Waals surface area contributed by atoms with Gasteiger partial charge in [-0.05, 0) is 103 Å². The lowest BCUT2D eigenvalue weighted by molar-refractivity contribution is 0.0250. The molecule has 0 bridgehead atoms. The molecule has 310 valence electrons. The molecule has 3 aliphatic heterocycles. The summed E-state index contributed by atoms with van der Waals surface area (Å²) in [6.45, 7) is 0. The van der Waals surface area contributed by atoms with Crippen molar-refractivity contribution in [3.63, 3.8) is 0 Å². The highest BCUT2D eigenvalue weighted by molar-refractivity contribution is 6.37. The van der Waals surface area contributed by atoms with Gasteiger partial charge in [0.15, 0.2) is 5.60 Å².